The summed E-state index contributed by atoms with van der Waals surface area (Å²) in [5.74, 6) is 0. The second-order valence-corrected chi connectivity index (χ2v) is 7.46. The summed E-state index contributed by atoms with van der Waals surface area (Å²) in [4.78, 5) is 17.4. The maximum Gasteiger partial charge on any atom is 0.257 e. The highest BCUT2D eigenvalue weighted by Crippen LogP contribution is 2.21. The molecule has 3 aromatic rings. The molecule has 5 heteroatoms. The Morgan fingerprint density at radius 2 is 1.80 bits per heavy atom. The zero-order valence-electron chi connectivity index (χ0n) is 17.5. The van der Waals surface area contributed by atoms with Crippen LogP contribution in [0.15, 0.2) is 78.2 Å². The number of rotatable bonds is 8. The molecule has 4 N–H and O–H groups in total. The van der Waals surface area contributed by atoms with Crippen LogP contribution in [-0.2, 0) is 6.42 Å². The minimum atomic E-state index is -0.218. The minimum absolute atomic E-state index is 0.218. The van der Waals surface area contributed by atoms with Gasteiger partial charge in [-0.3, -0.25) is 4.79 Å². The lowest BCUT2D eigenvalue weighted by Gasteiger charge is -2.13. The summed E-state index contributed by atoms with van der Waals surface area (Å²) >= 11 is 0. The topological polar surface area (TPSA) is 74.2 Å². The number of hydrogen-bond donors (Lipinski definition) is 3. The Balaban J connectivity index is 1.82. The third-order valence-electron chi connectivity index (χ3n) is 4.81. The van der Waals surface area contributed by atoms with E-state index >= 15 is 0 Å². The van der Waals surface area contributed by atoms with Gasteiger partial charge in [-0.25, -0.2) is 0 Å². The number of aromatic amines is 1. The van der Waals surface area contributed by atoms with Crippen LogP contribution in [0.25, 0.3) is 17.5 Å². The Morgan fingerprint density at radius 3 is 2.47 bits per heavy atom. The van der Waals surface area contributed by atoms with Crippen LogP contribution in [0, 0.1) is 0 Å². The molecule has 0 bridgehead atoms. The van der Waals surface area contributed by atoms with Gasteiger partial charge >= 0.3 is 0 Å². The van der Waals surface area contributed by atoms with Crippen molar-refractivity contribution in [3.05, 3.63) is 106 Å². The van der Waals surface area contributed by atoms with Crippen molar-refractivity contribution in [2.24, 2.45) is 5.73 Å². The maximum atomic E-state index is 12.6. The third-order valence-corrected chi connectivity index (χ3v) is 4.81. The van der Waals surface area contributed by atoms with Crippen LogP contribution in [0.2, 0.25) is 0 Å². The predicted octanol–water partition coefficient (Wildman–Crippen LogP) is 4.02. The molecule has 0 fully saturated rings. The molecule has 0 saturated carbocycles. The molecule has 0 radical (unpaired) electrons. The largest absolute Gasteiger partial charge is 0.398 e. The zero-order chi connectivity index (χ0) is 21.5. The summed E-state index contributed by atoms with van der Waals surface area (Å²) in [6.07, 6.45) is 4.40. The van der Waals surface area contributed by atoms with Crippen molar-refractivity contribution in [3.63, 3.8) is 0 Å². The van der Waals surface area contributed by atoms with Gasteiger partial charge in [0.1, 0.15) is 0 Å². The van der Waals surface area contributed by atoms with Crippen LogP contribution in [0.5, 0.6) is 0 Å². The molecule has 3 rings (SSSR count). The monoisotopic (exact) mass is 400 g/mol. The number of nitrogens with one attached hydrogen (secondary N) is 2. The van der Waals surface area contributed by atoms with Crippen molar-refractivity contribution in [2.45, 2.75) is 6.42 Å². The number of hydrogen-bond acceptors (Lipinski definition) is 4. The molecule has 2 aromatic carbocycles. The highest BCUT2D eigenvalue weighted by Gasteiger charge is 2.11. The number of anilines is 1. The van der Waals surface area contributed by atoms with Gasteiger partial charge in [0.2, 0.25) is 0 Å². The van der Waals surface area contributed by atoms with E-state index in [2.05, 4.69) is 48.0 Å². The van der Waals surface area contributed by atoms with Crippen LogP contribution >= 0.6 is 0 Å². The molecule has 0 spiro atoms. The number of benzene rings is 2. The van der Waals surface area contributed by atoms with Crippen molar-refractivity contribution >= 4 is 23.2 Å². The average molecular weight is 401 g/mol. The third kappa shape index (κ3) is 5.49. The summed E-state index contributed by atoms with van der Waals surface area (Å²) in [6, 6.07) is 19.7. The van der Waals surface area contributed by atoms with Crippen LogP contribution in [0.3, 0.4) is 0 Å². The van der Waals surface area contributed by atoms with Crippen LogP contribution < -0.4 is 16.6 Å². The SMILES string of the molecule is C=C(Nc1ccc(CCN(C)C)cc1)c1c(/C=C(\N)c2ccccc2)cc[nH]c1=O. The lowest BCUT2D eigenvalue weighted by atomic mass is 10.0. The predicted molar refractivity (Wildman–Crippen MR) is 127 cm³/mol. The first-order chi connectivity index (χ1) is 14.4. The fraction of sp³-hybridized carbons (Fsp3) is 0.160. The van der Waals surface area contributed by atoms with Crippen molar-refractivity contribution in [1.82, 2.24) is 9.88 Å². The Bertz CT molecular complexity index is 1080. The van der Waals surface area contributed by atoms with Gasteiger partial charge in [-0.15, -0.1) is 0 Å². The summed E-state index contributed by atoms with van der Waals surface area (Å²) in [5.41, 5.74) is 11.4. The molecular formula is C25H28N4O. The summed E-state index contributed by atoms with van der Waals surface area (Å²) in [5, 5.41) is 3.25. The Hall–Kier alpha value is -3.57. The van der Waals surface area contributed by atoms with Crippen molar-refractivity contribution < 1.29 is 0 Å². The lowest BCUT2D eigenvalue weighted by Crippen LogP contribution is -2.16. The number of likely N-dealkylation sites (N-methyl/N-ethyl adjacent to an activating group) is 1. The summed E-state index contributed by atoms with van der Waals surface area (Å²) < 4.78 is 0. The Kier molecular flexibility index (Phi) is 6.88. The highest BCUT2D eigenvalue weighted by molar-refractivity contribution is 5.86. The molecule has 30 heavy (non-hydrogen) atoms. The molecule has 5 nitrogen and oxygen atoms in total. The van der Waals surface area contributed by atoms with E-state index in [9.17, 15) is 4.79 Å². The second-order valence-electron chi connectivity index (χ2n) is 7.46. The summed E-state index contributed by atoms with van der Waals surface area (Å²) in [6.45, 7) is 5.09. The second kappa shape index (κ2) is 9.76. The van der Waals surface area contributed by atoms with Crippen molar-refractivity contribution in [1.29, 1.82) is 0 Å². The molecule has 1 aromatic heterocycles. The van der Waals surface area contributed by atoms with E-state index in [0.29, 0.717) is 22.5 Å². The van der Waals surface area contributed by atoms with E-state index in [1.807, 2.05) is 48.5 Å². The lowest BCUT2D eigenvalue weighted by molar-refractivity contribution is 0.413. The molecule has 0 aliphatic rings. The molecule has 1 heterocycles. The summed E-state index contributed by atoms with van der Waals surface area (Å²) in [7, 11) is 4.13. The van der Waals surface area contributed by atoms with E-state index in [4.69, 9.17) is 5.73 Å². The van der Waals surface area contributed by atoms with Gasteiger partial charge in [0.15, 0.2) is 0 Å². The van der Waals surface area contributed by atoms with E-state index < -0.39 is 0 Å². The first kappa shape index (κ1) is 21.1. The highest BCUT2D eigenvalue weighted by atomic mass is 16.1. The zero-order valence-corrected chi connectivity index (χ0v) is 17.5. The van der Waals surface area contributed by atoms with Crippen LogP contribution in [-0.4, -0.2) is 30.5 Å². The van der Waals surface area contributed by atoms with Gasteiger partial charge in [-0.05, 0) is 61.5 Å². The normalized spacial score (nSPS) is 11.5. The fourth-order valence-corrected chi connectivity index (χ4v) is 3.15. The van der Waals surface area contributed by atoms with E-state index in [1.165, 1.54) is 5.56 Å². The van der Waals surface area contributed by atoms with E-state index in [1.54, 1.807) is 12.3 Å². The van der Waals surface area contributed by atoms with Gasteiger partial charge in [-0.2, -0.15) is 0 Å². The Morgan fingerprint density at radius 1 is 1.10 bits per heavy atom. The molecule has 0 saturated heterocycles. The minimum Gasteiger partial charge on any atom is -0.398 e. The standard InChI is InChI=1S/C25H28N4O/c1-18(28-22-11-9-19(10-12-22)14-16-29(2)3)24-21(13-15-27-25(24)30)17-23(26)20-7-5-4-6-8-20/h4-13,15,17,28H,1,14,16,26H2,2-3H3,(H,27,30)/b23-17-. The fourth-order valence-electron chi connectivity index (χ4n) is 3.15. The molecular weight excluding hydrogens is 372 g/mol. The van der Waals surface area contributed by atoms with Gasteiger partial charge in [-0.1, -0.05) is 49.0 Å². The molecule has 0 unspecified atom stereocenters. The quantitative estimate of drug-likeness (QED) is 0.534. The number of nitrogens with two attached hydrogens (primary N) is 1. The number of nitrogens with zero attached hydrogens (tertiary/aromatic N) is 1. The number of H-pyrrole nitrogens is 1. The van der Waals surface area contributed by atoms with E-state index in [0.717, 1.165) is 24.2 Å². The van der Waals surface area contributed by atoms with Gasteiger partial charge < -0.3 is 20.9 Å². The van der Waals surface area contributed by atoms with Crippen molar-refractivity contribution in [2.75, 3.05) is 26.0 Å². The first-order valence-electron chi connectivity index (χ1n) is 9.88. The van der Waals surface area contributed by atoms with Gasteiger partial charge in [0, 0.05) is 29.8 Å². The first-order valence-corrected chi connectivity index (χ1v) is 9.88. The molecule has 0 atom stereocenters. The van der Waals surface area contributed by atoms with Crippen LogP contribution in [0.1, 0.15) is 22.3 Å². The number of pyridine rings is 1. The van der Waals surface area contributed by atoms with Gasteiger partial charge in [0.25, 0.3) is 5.56 Å². The van der Waals surface area contributed by atoms with Crippen LogP contribution in [0.4, 0.5) is 5.69 Å². The molecule has 0 aliphatic heterocycles. The average Bonchev–Trinajstić information content (AvgIpc) is 2.74. The van der Waals surface area contributed by atoms with Gasteiger partial charge in [0.05, 0.1) is 5.56 Å². The molecule has 0 amide bonds. The maximum absolute atomic E-state index is 12.6. The molecule has 154 valence electrons. The number of aromatic nitrogens is 1. The molecule has 0 aliphatic carbocycles. The smallest absolute Gasteiger partial charge is 0.257 e. The van der Waals surface area contributed by atoms with Crippen molar-refractivity contribution in [3.8, 4) is 0 Å². The Labute approximate surface area is 177 Å². The van der Waals surface area contributed by atoms with E-state index in [-0.39, 0.29) is 5.56 Å².